The van der Waals surface area contributed by atoms with Crippen LogP contribution in [0.4, 0.5) is 132 Å². The third-order valence-electron chi connectivity index (χ3n) is 5.69. The molecule has 33 heteroatoms. The van der Waals surface area contributed by atoms with Gasteiger partial charge in [0.2, 0.25) is 0 Å². The lowest BCUT2D eigenvalue weighted by Crippen LogP contribution is -2.90. The molecule has 284 valence electrons. The largest absolute Gasteiger partial charge is 0.460 e. The topological polar surface area (TPSA) is 52.0 Å². The van der Waals surface area contributed by atoms with Gasteiger partial charge in [-0.2, -0.15) is 114 Å². The van der Waals surface area contributed by atoms with Gasteiger partial charge in [0.1, 0.15) is 0 Å². The van der Waals surface area contributed by atoms with Gasteiger partial charge >= 0.3 is 91.1 Å². The van der Waals surface area contributed by atoms with Crippen LogP contribution in [0.2, 0.25) is 0 Å². The molecule has 2 nitrogen and oxygen atoms in total. The molecule has 0 atom stereocenters. The fourth-order valence-corrected chi connectivity index (χ4v) is 4.40. The van der Waals surface area contributed by atoms with Crippen molar-refractivity contribution in [2.45, 2.75) is 82.7 Å². The molecule has 0 aliphatic rings. The first kappa shape index (κ1) is 45.0. The van der Waals surface area contributed by atoms with Crippen molar-refractivity contribution in [3.63, 3.8) is 0 Å². The molecule has 0 aromatic carbocycles. The van der Waals surface area contributed by atoms with Crippen LogP contribution in [0.15, 0.2) is 0 Å². The molecule has 0 aromatic rings. The summed E-state index contributed by atoms with van der Waals surface area (Å²) in [5.74, 6) is -92.5. The summed E-state index contributed by atoms with van der Waals surface area (Å²) in [6.07, 6.45) is -16.5. The van der Waals surface area contributed by atoms with Crippen molar-refractivity contribution in [1.29, 1.82) is 0 Å². The molecule has 0 aliphatic carbocycles. The Bertz CT molecular complexity index is 1070. The zero-order valence-corrected chi connectivity index (χ0v) is 21.0. The quantitative estimate of drug-likeness (QED) is 0.155. The molecule has 0 bridgehead atoms. The molecular weight excluding hydrogens is 794 g/mol. The highest BCUT2D eigenvalue weighted by molar-refractivity contribution is 6.79. The molecular formula is C14H4F30N2Si. The van der Waals surface area contributed by atoms with Crippen molar-refractivity contribution >= 4 is 8.40 Å². The lowest BCUT2D eigenvalue weighted by molar-refractivity contribution is -0.452. The van der Waals surface area contributed by atoms with Gasteiger partial charge in [0, 0.05) is 0 Å². The standard InChI is InChI=1S/C14H4F30N2Si/c15-1(16,3(19,20)7(27,28)11(35,36)37)5(23,24)9(31,32)13(41,42)47(45,46)14(43,44)10(33,34)6(25,26)2(17,18)4(21,22)8(29,30)12(38,39)40/h45-46H2. The van der Waals surface area contributed by atoms with E-state index in [-0.39, 0.29) is 0 Å². The van der Waals surface area contributed by atoms with Gasteiger partial charge in [0.15, 0.2) is 0 Å². The molecule has 0 spiro atoms. The number of nitrogens with two attached hydrogens (primary N) is 2. The zero-order valence-electron chi connectivity index (χ0n) is 20.0. The minimum atomic E-state index is -10.2. The second kappa shape index (κ2) is 10.5. The van der Waals surface area contributed by atoms with E-state index >= 15 is 0 Å². The van der Waals surface area contributed by atoms with Crippen molar-refractivity contribution < 1.29 is 132 Å². The van der Waals surface area contributed by atoms with Crippen molar-refractivity contribution in [1.82, 2.24) is 0 Å². The average Bonchev–Trinajstić information content (AvgIpc) is 2.80. The Hall–Kier alpha value is -1.96. The monoisotopic (exact) mass is 798 g/mol. The fraction of sp³-hybridized carbons (Fsp3) is 1.00. The van der Waals surface area contributed by atoms with Gasteiger partial charge in [-0.15, -0.1) is 0 Å². The summed E-state index contributed by atoms with van der Waals surface area (Å²) in [6.45, 7) is 0. The van der Waals surface area contributed by atoms with Gasteiger partial charge in [0.05, 0.1) is 0 Å². The maximum Gasteiger partial charge on any atom is 0.460 e. The lowest BCUT2D eigenvalue weighted by Gasteiger charge is -2.48. The van der Waals surface area contributed by atoms with Crippen molar-refractivity contribution in [3.8, 4) is 0 Å². The van der Waals surface area contributed by atoms with Crippen LogP contribution < -0.4 is 10.8 Å². The molecule has 0 aromatic heterocycles. The summed E-state index contributed by atoms with van der Waals surface area (Å²) in [6, 6.07) is 0. The summed E-state index contributed by atoms with van der Waals surface area (Å²) in [7, 11) is -10.2. The van der Waals surface area contributed by atoms with Gasteiger partial charge in [-0.3, -0.25) is 0 Å². The number of halogens is 30. The smallest absolute Gasteiger partial charge is 0.330 e. The Kier molecular flexibility index (Phi) is 10.1. The molecule has 0 radical (unpaired) electrons. The van der Waals surface area contributed by atoms with E-state index in [9.17, 15) is 132 Å². The Morgan fingerprint density at radius 3 is 0.489 bits per heavy atom. The number of alkyl halides is 30. The van der Waals surface area contributed by atoms with E-state index in [4.69, 9.17) is 0 Å². The predicted octanol–water partition coefficient (Wildman–Crippen LogP) is 8.17. The summed E-state index contributed by atoms with van der Waals surface area (Å²) in [5.41, 5.74) is -18.1. The zero-order chi connectivity index (χ0) is 39.5. The fourth-order valence-electron chi connectivity index (χ4n) is 2.65. The molecule has 0 unspecified atom stereocenters. The summed E-state index contributed by atoms with van der Waals surface area (Å²) in [5, 5.41) is 6.64. The summed E-state index contributed by atoms with van der Waals surface area (Å²) in [4.78, 5) is 0. The molecule has 0 amide bonds. The van der Waals surface area contributed by atoms with Crippen LogP contribution in [-0.2, 0) is 0 Å². The highest BCUT2D eigenvalue weighted by atomic mass is 28.4. The first-order valence-electron chi connectivity index (χ1n) is 9.75. The average molecular weight is 798 g/mol. The van der Waals surface area contributed by atoms with E-state index in [1.54, 1.807) is 0 Å². The first-order chi connectivity index (χ1) is 19.5. The van der Waals surface area contributed by atoms with Crippen molar-refractivity contribution in [2.75, 3.05) is 0 Å². The highest BCUT2D eigenvalue weighted by Crippen LogP contribution is 2.66. The minimum Gasteiger partial charge on any atom is -0.330 e. The van der Waals surface area contributed by atoms with Crippen LogP contribution in [0, 0.1) is 0 Å². The number of rotatable bonds is 12. The molecule has 4 N–H and O–H groups in total. The van der Waals surface area contributed by atoms with Crippen LogP contribution in [0.3, 0.4) is 0 Å². The van der Waals surface area contributed by atoms with Gasteiger partial charge in [-0.1, -0.05) is 0 Å². The summed E-state index contributed by atoms with van der Waals surface area (Å²) >= 11 is 0. The molecule has 0 fully saturated rings. The van der Waals surface area contributed by atoms with Gasteiger partial charge in [-0.25, -0.2) is 17.6 Å². The minimum absolute atomic E-state index is 3.32. The van der Waals surface area contributed by atoms with Crippen LogP contribution in [-0.4, -0.2) is 91.1 Å². The van der Waals surface area contributed by atoms with E-state index in [0.29, 0.717) is 0 Å². The van der Waals surface area contributed by atoms with Gasteiger partial charge in [-0.05, 0) is 0 Å². The Morgan fingerprint density at radius 1 is 0.213 bits per heavy atom. The van der Waals surface area contributed by atoms with E-state index in [1.165, 1.54) is 0 Å². The Balaban J connectivity index is 7.61. The second-order valence-corrected chi connectivity index (χ2v) is 11.8. The Labute approximate surface area is 235 Å². The summed E-state index contributed by atoms with van der Waals surface area (Å²) < 4.78 is 397. The van der Waals surface area contributed by atoms with Crippen LogP contribution in [0.1, 0.15) is 0 Å². The molecule has 0 saturated heterocycles. The van der Waals surface area contributed by atoms with Crippen molar-refractivity contribution in [3.05, 3.63) is 0 Å². The molecule has 0 aliphatic heterocycles. The maximum atomic E-state index is 14.1. The van der Waals surface area contributed by atoms with Crippen molar-refractivity contribution in [2.24, 2.45) is 10.8 Å². The van der Waals surface area contributed by atoms with E-state index in [1.807, 2.05) is 0 Å². The maximum absolute atomic E-state index is 14.1. The molecule has 0 rings (SSSR count). The van der Waals surface area contributed by atoms with E-state index < -0.39 is 91.1 Å². The third kappa shape index (κ3) is 5.06. The molecule has 47 heavy (non-hydrogen) atoms. The number of hydrogen-bond donors (Lipinski definition) is 2. The third-order valence-corrected chi connectivity index (χ3v) is 8.40. The van der Waals surface area contributed by atoms with Crippen LogP contribution in [0.25, 0.3) is 0 Å². The first-order valence-corrected chi connectivity index (χ1v) is 11.9. The highest BCUT2D eigenvalue weighted by Gasteiger charge is 3.00. The lowest BCUT2D eigenvalue weighted by atomic mass is 9.94. The van der Waals surface area contributed by atoms with Gasteiger partial charge in [0.25, 0.3) is 0 Å². The predicted molar refractivity (Wildman–Crippen MR) is 85.6 cm³/mol. The van der Waals surface area contributed by atoms with Crippen LogP contribution in [0.5, 0.6) is 0 Å². The molecule has 0 heterocycles. The Morgan fingerprint density at radius 2 is 0.340 bits per heavy atom. The molecule has 0 saturated carbocycles. The number of hydrogen-bond acceptors (Lipinski definition) is 2. The van der Waals surface area contributed by atoms with Gasteiger partial charge < -0.3 is 10.8 Å². The SMILES string of the molecule is N[Si](N)(C(F)(F)C(F)(F)C(F)(F)C(F)(F)C(F)(F)C(F)(F)C(F)(F)F)C(F)(F)C(F)(F)C(F)(F)C(F)(F)C(F)(F)C(F)(F)C(F)(F)F. The second-order valence-electron chi connectivity index (χ2n) is 8.76. The normalized spacial score (nSPS) is 17.4. The van der Waals surface area contributed by atoms with E-state index in [2.05, 4.69) is 10.8 Å². The van der Waals surface area contributed by atoms with Crippen LogP contribution >= 0.6 is 0 Å². The van der Waals surface area contributed by atoms with E-state index in [0.717, 1.165) is 0 Å².